The van der Waals surface area contributed by atoms with Gasteiger partial charge in [0.15, 0.2) is 0 Å². The minimum atomic E-state index is -0.0428. The van der Waals surface area contributed by atoms with Gasteiger partial charge in [-0.2, -0.15) is 0 Å². The molecule has 2 nitrogen and oxygen atoms in total. The highest BCUT2D eigenvalue weighted by atomic mass is 35.5. The van der Waals surface area contributed by atoms with Gasteiger partial charge in [-0.3, -0.25) is 5.41 Å². The number of hydrogen-bond acceptors (Lipinski definition) is 2. The molecular formula is C6H13ClN2. The molecule has 0 unspecified atom stereocenters. The number of hydrogen-bond donors (Lipinski definition) is 2. The van der Waals surface area contributed by atoms with Crippen LogP contribution in [0.3, 0.4) is 0 Å². The first-order chi connectivity index (χ1) is 3.98. The predicted octanol–water partition coefficient (Wildman–Crippen LogP) is 1.59. The first-order valence-electron chi connectivity index (χ1n) is 2.90. The van der Waals surface area contributed by atoms with Gasteiger partial charge >= 0.3 is 0 Å². The summed E-state index contributed by atoms with van der Waals surface area (Å²) >= 11 is 5.38. The summed E-state index contributed by atoms with van der Waals surface area (Å²) in [6.07, 6.45) is 0.588. The maximum Gasteiger partial charge on any atom is 0.0987 e. The van der Waals surface area contributed by atoms with E-state index in [9.17, 15) is 0 Å². The van der Waals surface area contributed by atoms with Crippen molar-refractivity contribution >= 4 is 16.8 Å². The fourth-order valence-corrected chi connectivity index (χ4v) is 0.810. The molecule has 2 N–H and O–H groups in total. The highest BCUT2D eigenvalue weighted by Crippen LogP contribution is 2.08. The lowest BCUT2D eigenvalue weighted by molar-refractivity contribution is 0.442. The van der Waals surface area contributed by atoms with E-state index in [4.69, 9.17) is 17.0 Å². The zero-order chi connectivity index (χ0) is 7.49. The lowest BCUT2D eigenvalue weighted by atomic mass is 10.0. The van der Waals surface area contributed by atoms with Crippen LogP contribution in [0.4, 0.5) is 0 Å². The van der Waals surface area contributed by atoms with Crippen molar-refractivity contribution < 1.29 is 0 Å². The quantitative estimate of drug-likeness (QED) is 0.586. The van der Waals surface area contributed by atoms with Crippen molar-refractivity contribution in [1.29, 1.82) is 5.41 Å². The average Bonchev–Trinajstić information content (AvgIpc) is 1.63. The van der Waals surface area contributed by atoms with Crippen LogP contribution in [0.2, 0.25) is 0 Å². The van der Waals surface area contributed by atoms with E-state index in [-0.39, 0.29) is 10.7 Å². The molecule has 0 aliphatic carbocycles. The molecule has 0 fully saturated rings. The topological polar surface area (TPSA) is 35.9 Å². The van der Waals surface area contributed by atoms with E-state index in [2.05, 4.69) is 5.32 Å². The van der Waals surface area contributed by atoms with Gasteiger partial charge in [0.05, 0.1) is 5.17 Å². The molecule has 0 aliphatic rings. The monoisotopic (exact) mass is 148 g/mol. The lowest BCUT2D eigenvalue weighted by Crippen LogP contribution is -2.37. The van der Waals surface area contributed by atoms with Crippen LogP contribution in [-0.4, -0.2) is 17.8 Å². The molecule has 0 spiro atoms. The Morgan fingerprint density at radius 2 is 2.11 bits per heavy atom. The summed E-state index contributed by atoms with van der Waals surface area (Å²) in [4.78, 5) is 0. The van der Waals surface area contributed by atoms with Crippen molar-refractivity contribution in [2.75, 3.05) is 7.05 Å². The van der Waals surface area contributed by atoms with Crippen LogP contribution < -0.4 is 5.32 Å². The Bertz CT molecular complexity index is 110. The molecule has 0 aliphatic heterocycles. The fourth-order valence-electron chi connectivity index (χ4n) is 0.476. The fraction of sp³-hybridized carbons (Fsp3) is 0.833. The smallest absolute Gasteiger partial charge is 0.0987 e. The molecule has 0 bridgehead atoms. The van der Waals surface area contributed by atoms with Gasteiger partial charge in [-0.1, -0.05) is 11.6 Å². The van der Waals surface area contributed by atoms with Gasteiger partial charge in [-0.15, -0.1) is 0 Å². The summed E-state index contributed by atoms with van der Waals surface area (Å²) in [5.41, 5.74) is -0.0428. The molecule has 0 aromatic carbocycles. The maximum absolute atomic E-state index is 6.98. The van der Waals surface area contributed by atoms with E-state index in [0.29, 0.717) is 6.42 Å². The average molecular weight is 149 g/mol. The van der Waals surface area contributed by atoms with Gasteiger partial charge in [0.1, 0.15) is 0 Å². The summed E-state index contributed by atoms with van der Waals surface area (Å²) in [6.45, 7) is 4.01. The summed E-state index contributed by atoms with van der Waals surface area (Å²) < 4.78 is 0. The van der Waals surface area contributed by atoms with Crippen LogP contribution in [-0.2, 0) is 0 Å². The van der Waals surface area contributed by atoms with E-state index in [1.807, 2.05) is 20.9 Å². The number of halogens is 1. The Labute approximate surface area is 61.1 Å². The third-order valence-corrected chi connectivity index (χ3v) is 1.41. The third kappa shape index (κ3) is 4.43. The highest BCUT2D eigenvalue weighted by Gasteiger charge is 2.15. The minimum Gasteiger partial charge on any atom is -0.314 e. The Hall–Kier alpha value is -0.0800. The van der Waals surface area contributed by atoms with E-state index in [1.165, 1.54) is 0 Å². The molecule has 3 heteroatoms. The molecule has 54 valence electrons. The maximum atomic E-state index is 6.98. The standard InChI is InChI=1S/C6H13ClN2/c1-6(2,9-3)4-5(7)8/h8-9H,4H2,1-3H3. The van der Waals surface area contributed by atoms with Gasteiger partial charge in [0.2, 0.25) is 0 Å². The molecule has 0 radical (unpaired) electrons. The molecule has 0 heterocycles. The summed E-state index contributed by atoms with van der Waals surface area (Å²) in [5.74, 6) is 0. The summed E-state index contributed by atoms with van der Waals surface area (Å²) in [6, 6.07) is 0. The Kier molecular flexibility index (Phi) is 3.15. The van der Waals surface area contributed by atoms with Crippen molar-refractivity contribution in [3.05, 3.63) is 0 Å². The molecule has 0 aromatic heterocycles. The van der Waals surface area contributed by atoms with Crippen LogP contribution in [0.15, 0.2) is 0 Å². The molecule has 0 saturated heterocycles. The van der Waals surface area contributed by atoms with Gasteiger partial charge in [-0.25, -0.2) is 0 Å². The van der Waals surface area contributed by atoms with E-state index >= 15 is 0 Å². The van der Waals surface area contributed by atoms with Crippen LogP contribution in [0.1, 0.15) is 20.3 Å². The predicted molar refractivity (Wildman–Crippen MR) is 41.3 cm³/mol. The molecule has 0 aromatic rings. The van der Waals surface area contributed by atoms with Crippen molar-refractivity contribution in [2.24, 2.45) is 0 Å². The van der Waals surface area contributed by atoms with Gasteiger partial charge in [0, 0.05) is 12.0 Å². The van der Waals surface area contributed by atoms with Crippen LogP contribution in [0.25, 0.3) is 0 Å². The molecular weight excluding hydrogens is 136 g/mol. The summed E-state index contributed by atoms with van der Waals surface area (Å²) in [5, 5.41) is 10.2. The SMILES string of the molecule is CNC(C)(C)CC(=N)Cl. The second-order valence-electron chi connectivity index (χ2n) is 2.72. The second kappa shape index (κ2) is 3.18. The molecule has 9 heavy (non-hydrogen) atoms. The Morgan fingerprint density at radius 3 is 2.22 bits per heavy atom. The molecule has 0 rings (SSSR count). The Balaban J connectivity index is 3.71. The highest BCUT2D eigenvalue weighted by molar-refractivity contribution is 6.64. The van der Waals surface area contributed by atoms with Crippen molar-refractivity contribution in [3.8, 4) is 0 Å². The third-order valence-electron chi connectivity index (χ3n) is 1.27. The first-order valence-corrected chi connectivity index (χ1v) is 3.27. The van der Waals surface area contributed by atoms with Crippen molar-refractivity contribution in [1.82, 2.24) is 5.32 Å². The zero-order valence-corrected chi connectivity index (χ0v) is 6.84. The lowest BCUT2D eigenvalue weighted by Gasteiger charge is -2.22. The zero-order valence-electron chi connectivity index (χ0n) is 6.09. The van der Waals surface area contributed by atoms with Gasteiger partial charge < -0.3 is 5.32 Å². The molecule has 0 amide bonds. The number of nitrogens with one attached hydrogen (secondary N) is 2. The van der Waals surface area contributed by atoms with Crippen molar-refractivity contribution in [3.63, 3.8) is 0 Å². The van der Waals surface area contributed by atoms with E-state index in [0.717, 1.165) is 0 Å². The van der Waals surface area contributed by atoms with Gasteiger partial charge in [0.25, 0.3) is 0 Å². The Morgan fingerprint density at radius 1 is 1.67 bits per heavy atom. The van der Waals surface area contributed by atoms with Crippen LogP contribution in [0, 0.1) is 5.41 Å². The molecule has 0 saturated carbocycles. The normalized spacial score (nSPS) is 11.6. The van der Waals surface area contributed by atoms with Crippen molar-refractivity contribution in [2.45, 2.75) is 25.8 Å². The minimum absolute atomic E-state index is 0.0428. The van der Waals surface area contributed by atoms with E-state index in [1.54, 1.807) is 0 Å². The summed E-state index contributed by atoms with van der Waals surface area (Å²) in [7, 11) is 1.86. The largest absolute Gasteiger partial charge is 0.314 e. The second-order valence-corrected chi connectivity index (χ2v) is 3.17. The van der Waals surface area contributed by atoms with E-state index < -0.39 is 0 Å². The van der Waals surface area contributed by atoms with Gasteiger partial charge in [-0.05, 0) is 20.9 Å². The van der Waals surface area contributed by atoms with Crippen LogP contribution in [0.5, 0.6) is 0 Å². The van der Waals surface area contributed by atoms with Crippen LogP contribution >= 0.6 is 11.6 Å². The molecule has 0 atom stereocenters. The number of rotatable bonds is 3. The first kappa shape index (κ1) is 8.92.